The molecule has 10 nitrogen and oxygen atoms in total. The van der Waals surface area contributed by atoms with Crippen LogP contribution in [0, 0.1) is 6.92 Å². The van der Waals surface area contributed by atoms with Gasteiger partial charge in [0, 0.05) is 28.7 Å². The summed E-state index contributed by atoms with van der Waals surface area (Å²) in [6.07, 6.45) is 1.94. The lowest BCUT2D eigenvalue weighted by Crippen LogP contribution is -2.40. The molecule has 0 spiro atoms. The van der Waals surface area contributed by atoms with E-state index in [1.165, 1.54) is 34.8 Å². The van der Waals surface area contributed by atoms with Gasteiger partial charge in [-0.05, 0) is 73.9 Å². The van der Waals surface area contributed by atoms with E-state index < -0.39 is 18.0 Å². The van der Waals surface area contributed by atoms with Gasteiger partial charge in [0.25, 0.3) is 5.56 Å². The minimum atomic E-state index is -0.866. The molecule has 1 aliphatic rings. The number of para-hydroxylation sites is 1. The topological polar surface area (TPSA) is 110 Å². The normalized spacial score (nSPS) is 14.3. The molecule has 0 radical (unpaired) electrons. The molecule has 0 aliphatic carbocycles. The van der Waals surface area contributed by atoms with Gasteiger partial charge in [-0.2, -0.15) is 0 Å². The molecular formula is C42H39N3O7S. The van der Waals surface area contributed by atoms with Crippen LogP contribution in [0.25, 0.3) is 27.8 Å². The van der Waals surface area contributed by atoms with Crippen LogP contribution in [0.1, 0.15) is 49.2 Å². The standard InChI is InChI=1S/C42H39N3O7S/c1-6-50-35-21-28(19-20-34(35)52-24-37(46)49-5)39-38(41(48)51-7-2)25(3)43-42-45(39)40(47)36(53-42)22-32-26(4)44(33-18-11-10-17-31(32)33)23-29-15-12-14-27-13-8-9-16-30(27)29/h8-22,39H,6-7,23-24H2,1-5H3/b36-22+/t39-/m1/s1. The van der Waals surface area contributed by atoms with Gasteiger partial charge in [0.1, 0.15) is 0 Å². The second-order valence-electron chi connectivity index (χ2n) is 12.5. The van der Waals surface area contributed by atoms with E-state index >= 15 is 0 Å². The number of fused-ring (bicyclic) bond motifs is 3. The predicted octanol–water partition coefficient (Wildman–Crippen LogP) is 6.21. The van der Waals surface area contributed by atoms with Crippen LogP contribution in [-0.4, -0.2) is 48.0 Å². The number of rotatable bonds is 11. The number of hydrogen-bond acceptors (Lipinski definition) is 9. The number of carbonyl (C=O) groups is 2. The smallest absolute Gasteiger partial charge is 0.343 e. The van der Waals surface area contributed by atoms with E-state index in [2.05, 4.69) is 60.0 Å². The lowest BCUT2D eigenvalue weighted by molar-refractivity contribution is -0.143. The maximum atomic E-state index is 14.6. The van der Waals surface area contributed by atoms with Crippen molar-refractivity contribution in [2.24, 2.45) is 4.99 Å². The first-order chi connectivity index (χ1) is 25.7. The second kappa shape index (κ2) is 15.0. The van der Waals surface area contributed by atoms with Crippen LogP contribution >= 0.6 is 11.3 Å². The zero-order valence-electron chi connectivity index (χ0n) is 30.2. The molecule has 0 amide bonds. The van der Waals surface area contributed by atoms with Gasteiger partial charge in [-0.1, -0.05) is 78.1 Å². The first kappa shape index (κ1) is 35.5. The minimum absolute atomic E-state index is 0.152. The number of aromatic nitrogens is 2. The zero-order chi connectivity index (χ0) is 37.2. The molecule has 2 aromatic heterocycles. The maximum absolute atomic E-state index is 14.6. The molecule has 0 saturated carbocycles. The van der Waals surface area contributed by atoms with Gasteiger partial charge < -0.3 is 23.5 Å². The third-order valence-corrected chi connectivity index (χ3v) is 10.4. The first-order valence-corrected chi connectivity index (χ1v) is 18.3. The highest BCUT2D eigenvalue weighted by atomic mass is 32.1. The summed E-state index contributed by atoms with van der Waals surface area (Å²) in [4.78, 5) is 45.2. The molecule has 6 aromatic rings. The predicted molar refractivity (Wildman–Crippen MR) is 205 cm³/mol. The minimum Gasteiger partial charge on any atom is -0.490 e. The Bertz CT molecular complexity index is 2610. The van der Waals surface area contributed by atoms with Crippen LogP contribution in [0.2, 0.25) is 0 Å². The highest BCUT2D eigenvalue weighted by Gasteiger charge is 2.34. The summed E-state index contributed by atoms with van der Waals surface area (Å²) >= 11 is 1.28. The Balaban J connectivity index is 1.38. The Morgan fingerprint density at radius 1 is 0.887 bits per heavy atom. The highest BCUT2D eigenvalue weighted by Crippen LogP contribution is 2.37. The quantitative estimate of drug-likeness (QED) is 0.146. The Labute approximate surface area is 309 Å². The molecule has 1 atom stereocenters. The molecular weight excluding hydrogens is 691 g/mol. The Hall–Kier alpha value is -5.94. The van der Waals surface area contributed by atoms with E-state index in [9.17, 15) is 14.4 Å². The molecule has 0 N–H and O–H groups in total. The molecule has 0 unspecified atom stereocenters. The number of hydrogen-bond donors (Lipinski definition) is 0. The lowest BCUT2D eigenvalue weighted by atomic mass is 9.95. The molecule has 53 heavy (non-hydrogen) atoms. The van der Waals surface area contributed by atoms with Gasteiger partial charge >= 0.3 is 11.9 Å². The third kappa shape index (κ3) is 6.64. The average Bonchev–Trinajstić information content (AvgIpc) is 3.61. The van der Waals surface area contributed by atoms with Crippen LogP contribution < -0.4 is 24.4 Å². The molecule has 270 valence electrons. The number of esters is 2. The van der Waals surface area contributed by atoms with E-state index in [0.29, 0.717) is 45.2 Å². The summed E-state index contributed by atoms with van der Waals surface area (Å²) in [5.74, 6) is -0.436. The summed E-state index contributed by atoms with van der Waals surface area (Å²) in [6, 6.07) is 27.2. The second-order valence-corrected chi connectivity index (χ2v) is 13.6. The SMILES string of the molecule is CCOC(=O)C1=C(C)N=c2s/c(=C/c3c(C)n(Cc4cccc5ccccc45)c4ccccc34)c(=O)n2[C@@H]1c1ccc(OCC(=O)OC)c(OCC)c1. The van der Waals surface area contributed by atoms with Gasteiger partial charge in [0.2, 0.25) is 0 Å². The van der Waals surface area contributed by atoms with E-state index in [4.69, 9.17) is 23.9 Å². The van der Waals surface area contributed by atoms with Crippen molar-refractivity contribution >= 4 is 51.0 Å². The van der Waals surface area contributed by atoms with Crippen LogP contribution in [0.3, 0.4) is 0 Å². The van der Waals surface area contributed by atoms with Crippen LogP contribution in [0.5, 0.6) is 11.5 Å². The van der Waals surface area contributed by atoms with Crippen molar-refractivity contribution in [1.82, 2.24) is 9.13 Å². The van der Waals surface area contributed by atoms with Crippen LogP contribution in [0.15, 0.2) is 106 Å². The van der Waals surface area contributed by atoms with E-state index in [1.54, 1.807) is 36.6 Å². The van der Waals surface area contributed by atoms with Gasteiger partial charge in [0.05, 0.1) is 42.2 Å². The number of thiazole rings is 1. The summed E-state index contributed by atoms with van der Waals surface area (Å²) in [5, 5.41) is 3.41. The number of carbonyl (C=O) groups excluding carboxylic acids is 2. The summed E-state index contributed by atoms with van der Waals surface area (Å²) in [7, 11) is 1.28. The van der Waals surface area contributed by atoms with Crippen LogP contribution in [0.4, 0.5) is 0 Å². The average molecular weight is 730 g/mol. The molecule has 3 heterocycles. The largest absolute Gasteiger partial charge is 0.490 e. The monoisotopic (exact) mass is 729 g/mol. The number of benzene rings is 4. The fourth-order valence-corrected chi connectivity index (χ4v) is 7.99. The van der Waals surface area contributed by atoms with Crippen molar-refractivity contribution < 1.29 is 28.5 Å². The van der Waals surface area contributed by atoms with Crippen molar-refractivity contribution in [3.63, 3.8) is 0 Å². The van der Waals surface area contributed by atoms with Crippen molar-refractivity contribution in [3.05, 3.63) is 138 Å². The number of nitrogens with zero attached hydrogens (tertiary/aromatic N) is 3. The Kier molecular flexibility index (Phi) is 10.0. The van der Waals surface area contributed by atoms with Crippen molar-refractivity contribution in [1.29, 1.82) is 0 Å². The summed E-state index contributed by atoms with van der Waals surface area (Å²) < 4.78 is 26.1. The Morgan fingerprint density at radius 2 is 1.64 bits per heavy atom. The van der Waals surface area contributed by atoms with E-state index in [-0.39, 0.29) is 24.3 Å². The molecule has 0 bridgehead atoms. The summed E-state index contributed by atoms with van der Waals surface area (Å²) in [6.45, 7) is 8.21. The molecule has 4 aromatic carbocycles. The van der Waals surface area contributed by atoms with E-state index in [1.807, 2.05) is 31.2 Å². The fraction of sp³-hybridized carbons (Fsp3) is 0.238. The molecule has 11 heteroatoms. The van der Waals surface area contributed by atoms with Gasteiger partial charge in [-0.25, -0.2) is 14.6 Å². The maximum Gasteiger partial charge on any atom is 0.343 e. The summed E-state index contributed by atoms with van der Waals surface area (Å²) in [5.41, 5.74) is 5.23. The Morgan fingerprint density at radius 3 is 2.42 bits per heavy atom. The number of ether oxygens (including phenoxy) is 4. The third-order valence-electron chi connectivity index (χ3n) is 9.44. The molecule has 0 fully saturated rings. The van der Waals surface area contributed by atoms with Gasteiger partial charge in [-0.3, -0.25) is 9.36 Å². The highest BCUT2D eigenvalue weighted by molar-refractivity contribution is 7.07. The molecule has 1 aliphatic heterocycles. The molecule has 7 rings (SSSR count). The number of allylic oxidation sites excluding steroid dienone is 1. The van der Waals surface area contributed by atoms with E-state index in [0.717, 1.165) is 22.2 Å². The molecule has 0 saturated heterocycles. The fourth-order valence-electron chi connectivity index (χ4n) is 6.96. The van der Waals surface area contributed by atoms with Crippen molar-refractivity contribution in [2.75, 3.05) is 26.9 Å². The van der Waals surface area contributed by atoms with Gasteiger partial charge in [-0.15, -0.1) is 0 Å². The lowest BCUT2D eigenvalue weighted by Gasteiger charge is -2.25. The first-order valence-electron chi connectivity index (χ1n) is 17.4. The van der Waals surface area contributed by atoms with Crippen molar-refractivity contribution in [2.45, 2.75) is 40.3 Å². The number of methoxy groups -OCH3 is 1. The van der Waals surface area contributed by atoms with Gasteiger partial charge in [0.15, 0.2) is 22.9 Å². The van der Waals surface area contributed by atoms with Crippen molar-refractivity contribution in [3.8, 4) is 11.5 Å². The zero-order valence-corrected chi connectivity index (χ0v) is 31.0. The van der Waals surface area contributed by atoms with Crippen LogP contribution in [-0.2, 0) is 25.6 Å².